The average Bonchev–Trinajstić information content (AvgIpc) is 2.38. The Morgan fingerprint density at radius 3 is 2.83 bits per heavy atom. The summed E-state index contributed by atoms with van der Waals surface area (Å²) in [6.07, 6.45) is 1.15. The van der Waals surface area contributed by atoms with E-state index in [1.807, 2.05) is 13.0 Å². The standard InChI is InChI=1S/C13H21ClN4/c1-4-12-9-18(6-5-17(12)3)13-15-10(2)7-11(8-14)16-13/h7,12H,4-6,8-9H2,1-3H3. The first-order valence-corrected chi connectivity index (χ1v) is 7.03. The van der Waals surface area contributed by atoms with Crippen molar-refractivity contribution in [1.82, 2.24) is 14.9 Å². The van der Waals surface area contributed by atoms with Crippen LogP contribution in [0.4, 0.5) is 5.95 Å². The molecule has 0 aliphatic carbocycles. The van der Waals surface area contributed by atoms with E-state index < -0.39 is 0 Å². The summed E-state index contributed by atoms with van der Waals surface area (Å²) in [6.45, 7) is 7.27. The predicted octanol–water partition coefficient (Wildman–Crippen LogP) is 2.05. The van der Waals surface area contributed by atoms with Crippen LogP contribution in [0.15, 0.2) is 6.07 Å². The highest BCUT2D eigenvalue weighted by Crippen LogP contribution is 2.17. The van der Waals surface area contributed by atoms with Gasteiger partial charge in [-0.1, -0.05) is 6.92 Å². The van der Waals surface area contributed by atoms with Crippen molar-refractivity contribution in [1.29, 1.82) is 0 Å². The minimum absolute atomic E-state index is 0.446. The van der Waals surface area contributed by atoms with Crippen molar-refractivity contribution in [3.63, 3.8) is 0 Å². The van der Waals surface area contributed by atoms with Crippen molar-refractivity contribution in [3.8, 4) is 0 Å². The first-order chi connectivity index (χ1) is 8.63. The van der Waals surface area contributed by atoms with Crippen LogP contribution in [0.1, 0.15) is 24.7 Å². The number of likely N-dealkylation sites (N-methyl/N-ethyl adjacent to an activating group) is 1. The molecule has 5 heteroatoms. The molecule has 4 nitrogen and oxygen atoms in total. The van der Waals surface area contributed by atoms with Gasteiger partial charge in [-0.2, -0.15) is 0 Å². The van der Waals surface area contributed by atoms with Crippen molar-refractivity contribution in [2.75, 3.05) is 31.6 Å². The zero-order valence-electron chi connectivity index (χ0n) is 11.4. The summed E-state index contributed by atoms with van der Waals surface area (Å²) in [5, 5.41) is 0. The smallest absolute Gasteiger partial charge is 0.225 e. The number of hydrogen-bond donors (Lipinski definition) is 0. The highest BCUT2D eigenvalue weighted by atomic mass is 35.5. The Morgan fingerprint density at radius 1 is 1.39 bits per heavy atom. The van der Waals surface area contributed by atoms with Crippen LogP contribution in [-0.4, -0.2) is 47.6 Å². The molecular weight excluding hydrogens is 248 g/mol. The van der Waals surface area contributed by atoms with Crippen molar-refractivity contribution >= 4 is 17.5 Å². The maximum absolute atomic E-state index is 5.87. The number of halogens is 1. The minimum atomic E-state index is 0.446. The van der Waals surface area contributed by atoms with Gasteiger partial charge in [-0.25, -0.2) is 9.97 Å². The van der Waals surface area contributed by atoms with Gasteiger partial charge in [0.05, 0.1) is 11.6 Å². The Hall–Kier alpha value is -0.870. The summed E-state index contributed by atoms with van der Waals surface area (Å²) in [5.74, 6) is 1.28. The lowest BCUT2D eigenvalue weighted by Gasteiger charge is -2.39. The fraction of sp³-hybridized carbons (Fsp3) is 0.692. The van der Waals surface area contributed by atoms with E-state index in [9.17, 15) is 0 Å². The zero-order valence-corrected chi connectivity index (χ0v) is 12.1. The van der Waals surface area contributed by atoms with Gasteiger partial charge in [0.25, 0.3) is 0 Å². The predicted molar refractivity (Wildman–Crippen MR) is 75.2 cm³/mol. The van der Waals surface area contributed by atoms with E-state index in [0.717, 1.165) is 43.4 Å². The molecule has 1 aromatic heterocycles. The summed E-state index contributed by atoms with van der Waals surface area (Å²) < 4.78 is 0. The number of anilines is 1. The molecule has 0 saturated carbocycles. The second kappa shape index (κ2) is 5.85. The van der Waals surface area contributed by atoms with E-state index in [-0.39, 0.29) is 0 Å². The van der Waals surface area contributed by atoms with Crippen LogP contribution >= 0.6 is 11.6 Å². The molecule has 18 heavy (non-hydrogen) atoms. The Bertz CT molecular complexity index is 410. The van der Waals surface area contributed by atoms with Crippen molar-refractivity contribution in [3.05, 3.63) is 17.5 Å². The molecule has 0 aromatic carbocycles. The first-order valence-electron chi connectivity index (χ1n) is 6.49. The molecule has 1 aliphatic rings. The number of aryl methyl sites for hydroxylation is 1. The molecule has 0 spiro atoms. The Labute approximate surface area is 114 Å². The summed E-state index contributed by atoms with van der Waals surface area (Å²) in [6, 6.07) is 2.53. The SMILES string of the molecule is CCC1CN(c2nc(C)cc(CCl)n2)CCN1C. The Morgan fingerprint density at radius 2 is 2.17 bits per heavy atom. The molecule has 1 unspecified atom stereocenters. The number of aromatic nitrogens is 2. The summed E-state index contributed by atoms with van der Waals surface area (Å²) >= 11 is 5.87. The average molecular weight is 269 g/mol. The van der Waals surface area contributed by atoms with Crippen LogP contribution < -0.4 is 4.90 Å². The van der Waals surface area contributed by atoms with Crippen LogP contribution in [0.2, 0.25) is 0 Å². The van der Waals surface area contributed by atoms with Crippen molar-refractivity contribution in [2.45, 2.75) is 32.2 Å². The quantitative estimate of drug-likeness (QED) is 0.786. The van der Waals surface area contributed by atoms with Crippen LogP contribution in [0.5, 0.6) is 0 Å². The maximum Gasteiger partial charge on any atom is 0.225 e. The molecule has 0 N–H and O–H groups in total. The lowest BCUT2D eigenvalue weighted by atomic mass is 10.1. The van der Waals surface area contributed by atoms with E-state index in [1.54, 1.807) is 0 Å². The highest BCUT2D eigenvalue weighted by molar-refractivity contribution is 6.16. The maximum atomic E-state index is 5.87. The number of rotatable bonds is 3. The van der Waals surface area contributed by atoms with Crippen LogP contribution in [0.3, 0.4) is 0 Å². The van der Waals surface area contributed by atoms with Gasteiger partial charge < -0.3 is 4.90 Å². The second-order valence-corrected chi connectivity index (χ2v) is 5.19. The third kappa shape index (κ3) is 2.93. The van der Waals surface area contributed by atoms with Crippen LogP contribution in [-0.2, 0) is 5.88 Å². The third-order valence-electron chi connectivity index (χ3n) is 3.56. The summed E-state index contributed by atoms with van der Waals surface area (Å²) in [4.78, 5) is 13.8. The van der Waals surface area contributed by atoms with Gasteiger partial charge in [0.15, 0.2) is 0 Å². The highest BCUT2D eigenvalue weighted by Gasteiger charge is 2.24. The fourth-order valence-electron chi connectivity index (χ4n) is 2.40. The number of alkyl halides is 1. The molecule has 1 aromatic rings. The number of piperazine rings is 1. The molecule has 1 saturated heterocycles. The molecule has 1 atom stereocenters. The second-order valence-electron chi connectivity index (χ2n) is 4.92. The summed E-state index contributed by atoms with van der Waals surface area (Å²) in [7, 11) is 2.19. The van der Waals surface area contributed by atoms with Gasteiger partial charge in [0.1, 0.15) is 0 Å². The van der Waals surface area contributed by atoms with Crippen molar-refractivity contribution in [2.24, 2.45) is 0 Å². The van der Waals surface area contributed by atoms with Gasteiger partial charge in [-0.3, -0.25) is 4.90 Å². The van der Waals surface area contributed by atoms with Gasteiger partial charge in [-0.15, -0.1) is 11.6 Å². The lowest BCUT2D eigenvalue weighted by molar-refractivity contribution is 0.212. The molecule has 0 amide bonds. The summed E-state index contributed by atoms with van der Waals surface area (Å²) in [5.41, 5.74) is 1.90. The van der Waals surface area contributed by atoms with E-state index >= 15 is 0 Å². The fourth-order valence-corrected chi connectivity index (χ4v) is 2.53. The number of hydrogen-bond acceptors (Lipinski definition) is 4. The molecule has 2 rings (SSSR count). The van der Waals surface area contributed by atoms with Crippen LogP contribution in [0, 0.1) is 6.92 Å². The first kappa shape index (κ1) is 13.6. The zero-order chi connectivity index (χ0) is 13.1. The van der Waals surface area contributed by atoms with Gasteiger partial charge in [-0.05, 0) is 26.5 Å². The molecule has 2 heterocycles. The molecule has 0 bridgehead atoms. The van der Waals surface area contributed by atoms with E-state index in [0.29, 0.717) is 11.9 Å². The molecule has 1 fully saturated rings. The normalized spacial score (nSPS) is 21.3. The third-order valence-corrected chi connectivity index (χ3v) is 3.84. The molecule has 0 radical (unpaired) electrons. The topological polar surface area (TPSA) is 32.3 Å². The van der Waals surface area contributed by atoms with E-state index in [1.165, 1.54) is 0 Å². The van der Waals surface area contributed by atoms with E-state index in [2.05, 4.69) is 33.7 Å². The molecular formula is C13H21ClN4. The molecule has 100 valence electrons. The molecule has 1 aliphatic heterocycles. The lowest BCUT2D eigenvalue weighted by Crippen LogP contribution is -2.51. The minimum Gasteiger partial charge on any atom is -0.338 e. The van der Waals surface area contributed by atoms with Crippen LogP contribution in [0.25, 0.3) is 0 Å². The Balaban J connectivity index is 2.18. The van der Waals surface area contributed by atoms with Gasteiger partial charge >= 0.3 is 0 Å². The Kier molecular flexibility index (Phi) is 4.40. The number of nitrogens with zero attached hydrogens (tertiary/aromatic N) is 4. The largest absolute Gasteiger partial charge is 0.338 e. The van der Waals surface area contributed by atoms with E-state index in [4.69, 9.17) is 11.6 Å². The monoisotopic (exact) mass is 268 g/mol. The van der Waals surface area contributed by atoms with Gasteiger partial charge in [0, 0.05) is 31.4 Å². The van der Waals surface area contributed by atoms with Crippen molar-refractivity contribution < 1.29 is 0 Å². The van der Waals surface area contributed by atoms with Gasteiger partial charge in [0.2, 0.25) is 5.95 Å².